The van der Waals surface area contributed by atoms with Crippen molar-refractivity contribution in [3.8, 4) is 11.4 Å². The Kier molecular flexibility index (Phi) is 4.81. The van der Waals surface area contributed by atoms with E-state index in [1.54, 1.807) is 28.3 Å². The van der Waals surface area contributed by atoms with Crippen LogP contribution in [0.2, 0.25) is 0 Å². The van der Waals surface area contributed by atoms with Crippen LogP contribution in [0.15, 0.2) is 39.4 Å². The molecule has 3 heterocycles. The number of nitrogens with zero attached hydrogens (tertiary/aromatic N) is 3. The van der Waals surface area contributed by atoms with Crippen LogP contribution < -0.4 is 5.32 Å². The Labute approximate surface area is 146 Å². The van der Waals surface area contributed by atoms with Gasteiger partial charge in [-0.1, -0.05) is 17.8 Å². The Hall–Kier alpha value is -2.39. The summed E-state index contributed by atoms with van der Waals surface area (Å²) in [7, 11) is 1.82. The number of carbonyl (C=O) groups excluding carboxylic acids is 2. The highest BCUT2D eigenvalue weighted by Gasteiger charge is 2.17. The largest absolute Gasteiger partial charge is 0.469 e. The third kappa shape index (κ3) is 3.41. The smallest absolute Gasteiger partial charge is 0.267 e. The highest BCUT2D eigenvalue weighted by molar-refractivity contribution is 7.99. The molecule has 1 N–H and O–H groups in total. The molecule has 2 amide bonds. The standard InChI is InChI=1S/C15H14N4O3S2/c1-9-10(5-6-22-9)13-17-18-15(19(13)2)24-8-12(20)16-14(21)11-4-3-7-23-11/h3-7H,8H2,1-2H3,(H,16,20,21). The summed E-state index contributed by atoms with van der Waals surface area (Å²) in [5.41, 5.74) is 0.856. The van der Waals surface area contributed by atoms with Crippen LogP contribution >= 0.6 is 23.1 Å². The third-order valence-corrected chi connectivity index (χ3v) is 5.15. The number of amides is 2. The van der Waals surface area contributed by atoms with Gasteiger partial charge in [0.2, 0.25) is 5.91 Å². The summed E-state index contributed by atoms with van der Waals surface area (Å²) in [5, 5.41) is 12.9. The van der Waals surface area contributed by atoms with Gasteiger partial charge >= 0.3 is 0 Å². The van der Waals surface area contributed by atoms with Gasteiger partial charge in [-0.3, -0.25) is 14.9 Å². The van der Waals surface area contributed by atoms with Crippen molar-refractivity contribution in [2.45, 2.75) is 12.1 Å². The maximum Gasteiger partial charge on any atom is 0.267 e. The molecule has 24 heavy (non-hydrogen) atoms. The second kappa shape index (κ2) is 7.02. The van der Waals surface area contributed by atoms with E-state index in [1.165, 1.54) is 23.1 Å². The van der Waals surface area contributed by atoms with Gasteiger partial charge in [-0.15, -0.1) is 21.5 Å². The maximum atomic E-state index is 11.9. The lowest BCUT2D eigenvalue weighted by Gasteiger charge is -2.04. The van der Waals surface area contributed by atoms with Crippen molar-refractivity contribution in [1.82, 2.24) is 20.1 Å². The van der Waals surface area contributed by atoms with Crippen LogP contribution in [0.3, 0.4) is 0 Å². The van der Waals surface area contributed by atoms with E-state index >= 15 is 0 Å². The summed E-state index contributed by atoms with van der Waals surface area (Å²) in [4.78, 5) is 24.2. The molecule has 0 radical (unpaired) electrons. The first-order chi connectivity index (χ1) is 11.6. The summed E-state index contributed by atoms with van der Waals surface area (Å²) in [5.74, 6) is 0.735. The fourth-order valence-electron chi connectivity index (χ4n) is 2.05. The summed E-state index contributed by atoms with van der Waals surface area (Å²) in [6, 6.07) is 5.25. The number of carbonyl (C=O) groups is 2. The van der Waals surface area contributed by atoms with Crippen LogP contribution in [-0.4, -0.2) is 32.3 Å². The second-order valence-corrected chi connectivity index (χ2v) is 6.79. The van der Waals surface area contributed by atoms with Gasteiger partial charge in [0.15, 0.2) is 11.0 Å². The monoisotopic (exact) mass is 362 g/mol. The van der Waals surface area contributed by atoms with E-state index in [-0.39, 0.29) is 17.6 Å². The molecule has 0 bridgehead atoms. The van der Waals surface area contributed by atoms with Crippen LogP contribution in [0.5, 0.6) is 0 Å². The highest BCUT2D eigenvalue weighted by atomic mass is 32.2. The number of hydrogen-bond donors (Lipinski definition) is 1. The molecular formula is C15H14N4O3S2. The second-order valence-electron chi connectivity index (χ2n) is 4.90. The van der Waals surface area contributed by atoms with Gasteiger partial charge < -0.3 is 8.98 Å². The number of aryl methyl sites for hydroxylation is 1. The molecule has 3 aromatic heterocycles. The van der Waals surface area contributed by atoms with E-state index < -0.39 is 0 Å². The molecule has 9 heteroatoms. The number of thioether (sulfide) groups is 1. The van der Waals surface area contributed by atoms with Crippen molar-refractivity contribution >= 4 is 34.9 Å². The predicted octanol–water partition coefficient (Wildman–Crippen LogP) is 2.49. The molecule has 0 aromatic carbocycles. The molecule has 124 valence electrons. The fourth-order valence-corrected chi connectivity index (χ4v) is 3.38. The number of hydrogen-bond acceptors (Lipinski definition) is 7. The Balaban J connectivity index is 1.61. The van der Waals surface area contributed by atoms with E-state index in [0.717, 1.165) is 11.3 Å². The first kappa shape index (κ1) is 16.5. The number of rotatable bonds is 5. The third-order valence-electron chi connectivity index (χ3n) is 3.26. The number of imide groups is 1. The molecule has 0 aliphatic heterocycles. The Bertz CT molecular complexity index is 867. The summed E-state index contributed by atoms with van der Waals surface area (Å²) in [6.45, 7) is 1.85. The van der Waals surface area contributed by atoms with Gasteiger partial charge in [-0.25, -0.2) is 0 Å². The lowest BCUT2D eigenvalue weighted by molar-refractivity contribution is -0.117. The van der Waals surface area contributed by atoms with Gasteiger partial charge in [-0.2, -0.15) is 0 Å². The van der Waals surface area contributed by atoms with E-state index in [0.29, 0.717) is 15.9 Å². The Morgan fingerprint density at radius 2 is 2.21 bits per heavy atom. The summed E-state index contributed by atoms with van der Waals surface area (Å²) >= 11 is 2.50. The Morgan fingerprint density at radius 1 is 1.38 bits per heavy atom. The summed E-state index contributed by atoms with van der Waals surface area (Å²) in [6.07, 6.45) is 1.59. The van der Waals surface area contributed by atoms with E-state index in [9.17, 15) is 9.59 Å². The molecule has 0 aliphatic rings. The fraction of sp³-hybridized carbons (Fsp3) is 0.200. The zero-order valence-electron chi connectivity index (χ0n) is 13.0. The van der Waals surface area contributed by atoms with Gasteiger partial charge in [-0.05, 0) is 24.4 Å². The maximum absolute atomic E-state index is 11.9. The van der Waals surface area contributed by atoms with Crippen molar-refractivity contribution < 1.29 is 14.0 Å². The molecule has 0 spiro atoms. The quantitative estimate of drug-likeness (QED) is 0.702. The van der Waals surface area contributed by atoms with Crippen molar-refractivity contribution in [2.75, 3.05) is 5.75 Å². The molecule has 0 saturated heterocycles. The van der Waals surface area contributed by atoms with Crippen LogP contribution in [0, 0.1) is 6.92 Å². The summed E-state index contributed by atoms with van der Waals surface area (Å²) < 4.78 is 7.06. The zero-order chi connectivity index (χ0) is 17.1. The van der Waals surface area contributed by atoms with Crippen LogP contribution in [0.4, 0.5) is 0 Å². The molecule has 3 rings (SSSR count). The van der Waals surface area contributed by atoms with E-state index in [1.807, 2.05) is 20.0 Å². The van der Waals surface area contributed by atoms with Crippen LogP contribution in [-0.2, 0) is 11.8 Å². The lowest BCUT2D eigenvalue weighted by Crippen LogP contribution is -2.31. The molecule has 0 atom stereocenters. The van der Waals surface area contributed by atoms with Crippen LogP contribution in [0.25, 0.3) is 11.4 Å². The minimum Gasteiger partial charge on any atom is -0.469 e. The Morgan fingerprint density at radius 3 is 2.88 bits per heavy atom. The average Bonchev–Trinajstić information content (AvgIpc) is 3.27. The average molecular weight is 362 g/mol. The van der Waals surface area contributed by atoms with Gasteiger partial charge in [0.1, 0.15) is 5.76 Å². The highest BCUT2D eigenvalue weighted by Crippen LogP contribution is 2.25. The normalized spacial score (nSPS) is 10.8. The number of thiophene rings is 1. The molecule has 7 nitrogen and oxygen atoms in total. The van der Waals surface area contributed by atoms with Crippen molar-refractivity contribution in [1.29, 1.82) is 0 Å². The molecule has 0 fully saturated rings. The first-order valence-electron chi connectivity index (χ1n) is 7.00. The topological polar surface area (TPSA) is 90.0 Å². The minimum atomic E-state index is -0.386. The lowest BCUT2D eigenvalue weighted by atomic mass is 10.2. The molecule has 0 saturated carbocycles. The minimum absolute atomic E-state index is 0.0768. The molecule has 3 aromatic rings. The number of aromatic nitrogens is 3. The zero-order valence-corrected chi connectivity index (χ0v) is 14.6. The van der Waals surface area contributed by atoms with Gasteiger partial charge in [0, 0.05) is 7.05 Å². The van der Waals surface area contributed by atoms with Crippen molar-refractivity contribution in [3.05, 3.63) is 40.5 Å². The van der Waals surface area contributed by atoms with Gasteiger partial charge in [0.05, 0.1) is 22.5 Å². The van der Waals surface area contributed by atoms with E-state index in [2.05, 4.69) is 15.5 Å². The predicted molar refractivity (Wildman–Crippen MR) is 91.0 cm³/mol. The first-order valence-corrected chi connectivity index (χ1v) is 8.87. The van der Waals surface area contributed by atoms with Crippen molar-refractivity contribution in [3.63, 3.8) is 0 Å². The number of nitrogens with one attached hydrogen (secondary N) is 1. The molecule has 0 unspecified atom stereocenters. The van der Waals surface area contributed by atoms with E-state index in [4.69, 9.17) is 4.42 Å². The number of furan rings is 1. The SMILES string of the molecule is Cc1occc1-c1nnc(SCC(=O)NC(=O)c2cccs2)n1C. The van der Waals surface area contributed by atoms with Gasteiger partial charge in [0.25, 0.3) is 5.91 Å². The van der Waals surface area contributed by atoms with Crippen molar-refractivity contribution in [2.24, 2.45) is 7.05 Å². The molecule has 0 aliphatic carbocycles. The van der Waals surface area contributed by atoms with Crippen LogP contribution in [0.1, 0.15) is 15.4 Å². The molecular weight excluding hydrogens is 348 g/mol.